The minimum absolute atomic E-state index is 0.0572. The van der Waals surface area contributed by atoms with Gasteiger partial charge in [-0.3, -0.25) is 4.79 Å². The van der Waals surface area contributed by atoms with Crippen molar-refractivity contribution in [1.82, 2.24) is 15.3 Å². The van der Waals surface area contributed by atoms with Gasteiger partial charge in [-0.1, -0.05) is 50.3 Å². The fraction of sp³-hybridized carbons (Fsp3) is 0.393. The van der Waals surface area contributed by atoms with E-state index in [0.29, 0.717) is 22.9 Å². The molecule has 4 bridgehead atoms. The number of benzene rings is 2. The first-order valence-corrected chi connectivity index (χ1v) is 14.4. The molecule has 1 amide bonds. The maximum atomic E-state index is 13.3. The number of carbonyl (C=O) groups is 1. The van der Waals surface area contributed by atoms with E-state index in [1.165, 1.54) is 31.4 Å². The predicted octanol–water partition coefficient (Wildman–Crippen LogP) is 4.72. The fourth-order valence-corrected chi connectivity index (χ4v) is 6.23. The number of hydrogen-bond donors (Lipinski definition) is 2. The summed E-state index contributed by atoms with van der Waals surface area (Å²) in [5.74, 6) is 0.822. The average Bonchev–Trinajstić information content (AvgIpc) is 2.91. The lowest BCUT2D eigenvalue weighted by Crippen LogP contribution is -2.40. The number of rotatable bonds is 4. The third-order valence-corrected chi connectivity index (χ3v) is 8.48. The molecule has 1 aliphatic carbocycles. The Kier molecular flexibility index (Phi) is 7.51. The number of hydrogen-bond acceptors (Lipinski definition) is 7. The van der Waals surface area contributed by atoms with Gasteiger partial charge >= 0.3 is 0 Å². The summed E-state index contributed by atoms with van der Waals surface area (Å²) in [7, 11) is -2.51. The van der Waals surface area contributed by atoms with Gasteiger partial charge in [0.15, 0.2) is 0 Å². The SMILES string of the molecule is COc1cccc(C)c1-c1cc2nc(n1)NS(=O)(=O)c1cccc(c1)C(=O)N[C@H](CC1CCCCC1)CO2. The Hall–Kier alpha value is -3.66. The van der Waals surface area contributed by atoms with Crippen molar-refractivity contribution in [1.29, 1.82) is 0 Å². The Bertz CT molecular complexity index is 1440. The van der Waals surface area contributed by atoms with Crippen LogP contribution in [0.15, 0.2) is 53.4 Å². The molecule has 1 aliphatic heterocycles. The summed E-state index contributed by atoms with van der Waals surface area (Å²) in [5.41, 5.74) is 2.33. The highest BCUT2D eigenvalue weighted by Crippen LogP contribution is 2.34. The van der Waals surface area contributed by atoms with Crippen molar-refractivity contribution in [2.24, 2.45) is 5.92 Å². The van der Waals surface area contributed by atoms with Gasteiger partial charge in [0.2, 0.25) is 11.8 Å². The molecule has 9 nitrogen and oxygen atoms in total. The smallest absolute Gasteiger partial charge is 0.264 e. The van der Waals surface area contributed by atoms with Crippen molar-refractivity contribution in [2.45, 2.75) is 56.4 Å². The predicted molar refractivity (Wildman–Crippen MR) is 144 cm³/mol. The van der Waals surface area contributed by atoms with Crippen LogP contribution in [0.5, 0.6) is 11.6 Å². The molecule has 5 rings (SSSR count). The van der Waals surface area contributed by atoms with Gasteiger partial charge in [-0.05, 0) is 49.1 Å². The number of aryl methyl sites for hydroxylation is 1. The van der Waals surface area contributed by atoms with E-state index in [1.54, 1.807) is 25.3 Å². The van der Waals surface area contributed by atoms with Gasteiger partial charge in [0.1, 0.15) is 12.4 Å². The molecule has 2 N–H and O–H groups in total. The Labute approximate surface area is 223 Å². The third kappa shape index (κ3) is 5.75. The van der Waals surface area contributed by atoms with Crippen LogP contribution < -0.4 is 19.5 Å². The van der Waals surface area contributed by atoms with Gasteiger partial charge in [-0.2, -0.15) is 4.98 Å². The van der Waals surface area contributed by atoms with Crippen LogP contribution in [0.2, 0.25) is 0 Å². The Morgan fingerprint density at radius 2 is 1.84 bits per heavy atom. The van der Waals surface area contributed by atoms with E-state index in [2.05, 4.69) is 20.0 Å². The van der Waals surface area contributed by atoms with Crippen LogP contribution in [0.1, 0.15) is 54.4 Å². The van der Waals surface area contributed by atoms with Gasteiger partial charge in [0.25, 0.3) is 15.9 Å². The number of nitrogens with one attached hydrogen (secondary N) is 2. The van der Waals surface area contributed by atoms with Crippen molar-refractivity contribution in [3.8, 4) is 22.9 Å². The van der Waals surface area contributed by atoms with Gasteiger partial charge in [0.05, 0.1) is 23.7 Å². The van der Waals surface area contributed by atoms with E-state index in [0.717, 1.165) is 24.8 Å². The summed E-state index contributed by atoms with van der Waals surface area (Å²) < 4.78 is 40.7. The molecular weight excluding hydrogens is 504 g/mol. The minimum atomic E-state index is -4.08. The summed E-state index contributed by atoms with van der Waals surface area (Å²) in [4.78, 5) is 22.0. The molecule has 1 fully saturated rings. The van der Waals surface area contributed by atoms with Crippen LogP contribution in [-0.2, 0) is 10.0 Å². The van der Waals surface area contributed by atoms with E-state index in [4.69, 9.17) is 9.47 Å². The largest absolute Gasteiger partial charge is 0.496 e. The quantitative estimate of drug-likeness (QED) is 0.495. The molecule has 1 saturated carbocycles. The molecule has 0 radical (unpaired) electrons. The van der Waals surface area contributed by atoms with Crippen molar-refractivity contribution in [3.05, 3.63) is 59.7 Å². The Morgan fingerprint density at radius 3 is 2.63 bits per heavy atom. The van der Waals surface area contributed by atoms with Crippen molar-refractivity contribution in [2.75, 3.05) is 18.4 Å². The zero-order chi connectivity index (χ0) is 26.7. The molecule has 38 heavy (non-hydrogen) atoms. The number of fused-ring (bicyclic) bond motifs is 4. The molecular formula is C28H32N4O5S. The van der Waals surface area contributed by atoms with Crippen LogP contribution >= 0.6 is 0 Å². The first-order valence-electron chi connectivity index (χ1n) is 12.9. The van der Waals surface area contributed by atoms with Crippen molar-refractivity contribution >= 4 is 21.9 Å². The molecule has 200 valence electrons. The molecule has 1 aromatic heterocycles. The van der Waals surface area contributed by atoms with E-state index >= 15 is 0 Å². The van der Waals surface area contributed by atoms with Crippen molar-refractivity contribution in [3.63, 3.8) is 0 Å². The fourth-order valence-electron chi connectivity index (χ4n) is 5.24. The van der Waals surface area contributed by atoms with Crippen LogP contribution in [0.3, 0.4) is 0 Å². The minimum Gasteiger partial charge on any atom is -0.496 e. The highest BCUT2D eigenvalue weighted by molar-refractivity contribution is 7.92. The van der Waals surface area contributed by atoms with E-state index in [1.807, 2.05) is 25.1 Å². The Balaban J connectivity index is 1.58. The van der Waals surface area contributed by atoms with Gasteiger partial charge in [-0.15, -0.1) is 0 Å². The maximum Gasteiger partial charge on any atom is 0.264 e. The van der Waals surface area contributed by atoms with Crippen LogP contribution in [0.4, 0.5) is 5.95 Å². The third-order valence-electron chi connectivity index (χ3n) is 7.16. The number of methoxy groups -OCH3 is 1. The summed E-state index contributed by atoms with van der Waals surface area (Å²) in [6.07, 6.45) is 6.65. The van der Waals surface area contributed by atoms with E-state index in [-0.39, 0.29) is 40.8 Å². The lowest BCUT2D eigenvalue weighted by Gasteiger charge is -2.27. The number of carbonyl (C=O) groups excluding carboxylic acids is 1. The summed E-state index contributed by atoms with van der Waals surface area (Å²) >= 11 is 0. The number of sulfonamides is 1. The molecule has 2 aliphatic rings. The molecule has 2 heterocycles. The Morgan fingerprint density at radius 1 is 1.05 bits per heavy atom. The van der Waals surface area contributed by atoms with Gasteiger partial charge in [-0.25, -0.2) is 18.1 Å². The molecule has 0 unspecified atom stereocenters. The highest BCUT2D eigenvalue weighted by atomic mass is 32.2. The normalized spacial score (nSPS) is 19.5. The molecule has 2 aromatic carbocycles. The molecule has 3 aromatic rings. The molecule has 0 saturated heterocycles. The second-order valence-electron chi connectivity index (χ2n) is 9.92. The number of ether oxygens (including phenoxy) is 2. The number of nitrogens with zero attached hydrogens (tertiary/aromatic N) is 2. The van der Waals surface area contributed by atoms with E-state index < -0.39 is 10.0 Å². The van der Waals surface area contributed by atoms with Crippen LogP contribution in [0, 0.1) is 12.8 Å². The van der Waals surface area contributed by atoms with E-state index in [9.17, 15) is 13.2 Å². The summed E-state index contributed by atoms with van der Waals surface area (Å²) in [5, 5.41) is 3.08. The second-order valence-corrected chi connectivity index (χ2v) is 11.6. The number of amides is 1. The summed E-state index contributed by atoms with van der Waals surface area (Å²) in [6, 6.07) is 13.0. The standard InChI is InChI=1S/C28H32N4O5S/c1-18-8-6-13-24(36-2)26(18)23-16-25-31-28(30-23)32-38(34,35)22-12-7-11-20(15-22)27(33)29-21(17-37-25)14-19-9-4-3-5-10-19/h6-8,11-13,15-16,19,21H,3-5,9-10,14,17H2,1-2H3,(H,29,33)(H,30,31,32)/t21-/m1/s1. The lowest BCUT2D eigenvalue weighted by molar-refractivity contribution is 0.0907. The molecule has 10 heteroatoms. The van der Waals surface area contributed by atoms with Gasteiger partial charge < -0.3 is 14.8 Å². The molecule has 1 atom stereocenters. The highest BCUT2D eigenvalue weighted by Gasteiger charge is 2.25. The number of anilines is 1. The van der Waals surface area contributed by atoms with Crippen molar-refractivity contribution < 1.29 is 22.7 Å². The second kappa shape index (κ2) is 11.0. The maximum absolute atomic E-state index is 13.3. The summed E-state index contributed by atoms with van der Waals surface area (Å²) in [6.45, 7) is 2.11. The zero-order valence-corrected chi connectivity index (χ0v) is 22.4. The van der Waals surface area contributed by atoms with Gasteiger partial charge in [0, 0.05) is 17.2 Å². The first kappa shape index (κ1) is 26.0. The van der Waals surface area contributed by atoms with Crippen LogP contribution in [0.25, 0.3) is 11.3 Å². The number of aromatic nitrogens is 2. The zero-order valence-electron chi connectivity index (χ0n) is 21.6. The average molecular weight is 537 g/mol. The lowest BCUT2D eigenvalue weighted by atomic mass is 9.85. The molecule has 0 spiro atoms. The topological polar surface area (TPSA) is 120 Å². The first-order chi connectivity index (χ1) is 18.3. The van der Waals surface area contributed by atoms with Crippen LogP contribution in [-0.4, -0.2) is 44.1 Å². The monoisotopic (exact) mass is 536 g/mol.